The first-order valence-corrected chi connectivity index (χ1v) is 6.02. The molecule has 0 radical (unpaired) electrons. The van der Waals surface area contributed by atoms with Gasteiger partial charge in [-0.3, -0.25) is 16.0 Å². The predicted molar refractivity (Wildman–Crippen MR) is 70.5 cm³/mol. The number of aromatic nitrogens is 1. The Bertz CT molecular complexity index is 518. The maximum atomic E-state index is 10.7. The van der Waals surface area contributed by atoms with Crippen LogP contribution in [-0.4, -0.2) is 27.1 Å². The number of halogens is 1. The third-order valence-electron chi connectivity index (χ3n) is 3.09. The third-order valence-corrected chi connectivity index (χ3v) is 3.31. The molecule has 1 aromatic heterocycles. The van der Waals surface area contributed by atoms with Crippen molar-refractivity contribution in [2.45, 2.75) is 19.0 Å². The number of nitrogens with zero attached hydrogens (tertiary/aromatic N) is 3. The molecular formula is C11H14ClN5O2. The molecule has 0 fully saturated rings. The second kappa shape index (κ2) is 5.12. The van der Waals surface area contributed by atoms with E-state index in [9.17, 15) is 10.1 Å². The van der Waals surface area contributed by atoms with Crippen molar-refractivity contribution >= 4 is 11.6 Å². The van der Waals surface area contributed by atoms with Gasteiger partial charge in [-0.1, -0.05) is 17.7 Å². The quantitative estimate of drug-likeness (QED) is 0.370. The minimum atomic E-state index is -0.602. The average molecular weight is 284 g/mol. The summed E-state index contributed by atoms with van der Waals surface area (Å²) in [5.74, 6) is 5.90. The van der Waals surface area contributed by atoms with Crippen LogP contribution in [0.4, 0.5) is 0 Å². The Hall–Kier alpha value is -1.70. The van der Waals surface area contributed by atoms with Gasteiger partial charge in [-0.15, -0.1) is 0 Å². The highest BCUT2D eigenvalue weighted by molar-refractivity contribution is 6.29. The molecule has 2 rings (SSSR count). The first kappa shape index (κ1) is 13.7. The number of hydrogen-bond acceptors (Lipinski definition) is 6. The van der Waals surface area contributed by atoms with E-state index in [1.54, 1.807) is 12.3 Å². The van der Waals surface area contributed by atoms with E-state index >= 15 is 0 Å². The Kier molecular flexibility index (Phi) is 3.70. The summed E-state index contributed by atoms with van der Waals surface area (Å²) in [7, 11) is 0. The fourth-order valence-corrected chi connectivity index (χ4v) is 2.00. The molecule has 0 aliphatic carbocycles. The molecule has 1 aromatic rings. The van der Waals surface area contributed by atoms with Crippen LogP contribution < -0.4 is 11.2 Å². The van der Waals surface area contributed by atoms with Crippen LogP contribution in [0.15, 0.2) is 30.2 Å². The number of hydrazine groups is 1. The number of rotatable bonds is 3. The minimum Gasteiger partial charge on any atom is -0.367 e. The fraction of sp³-hybridized carbons (Fsp3) is 0.364. The zero-order valence-corrected chi connectivity index (χ0v) is 11.1. The zero-order chi connectivity index (χ0) is 14.0. The first-order valence-electron chi connectivity index (χ1n) is 5.64. The number of nitrogens with one attached hydrogen (secondary N) is 1. The van der Waals surface area contributed by atoms with Gasteiger partial charge >= 0.3 is 0 Å². The van der Waals surface area contributed by atoms with Crippen LogP contribution in [0.2, 0.25) is 5.15 Å². The maximum Gasteiger partial charge on any atom is 0.277 e. The minimum absolute atomic E-state index is 0.0363. The highest BCUT2D eigenvalue weighted by Gasteiger charge is 2.36. The van der Waals surface area contributed by atoms with E-state index in [2.05, 4.69) is 10.3 Å². The van der Waals surface area contributed by atoms with Crippen LogP contribution in [0.3, 0.4) is 0 Å². The molecule has 0 aromatic carbocycles. The lowest BCUT2D eigenvalue weighted by Crippen LogP contribution is -2.63. The Balaban J connectivity index is 2.15. The van der Waals surface area contributed by atoms with E-state index < -0.39 is 10.6 Å². The molecule has 1 aliphatic rings. The van der Waals surface area contributed by atoms with Crippen LogP contribution in [0.5, 0.6) is 0 Å². The lowest BCUT2D eigenvalue weighted by atomic mass is 10.0. The Morgan fingerprint density at radius 1 is 1.68 bits per heavy atom. The second-order valence-corrected chi connectivity index (χ2v) is 4.99. The predicted octanol–water partition coefficient (Wildman–Crippen LogP) is 0.891. The Labute approximate surface area is 115 Å². The van der Waals surface area contributed by atoms with E-state index in [0.29, 0.717) is 11.6 Å². The van der Waals surface area contributed by atoms with E-state index in [1.807, 2.05) is 13.0 Å². The highest BCUT2D eigenvalue weighted by atomic mass is 35.5. The summed E-state index contributed by atoms with van der Waals surface area (Å²) in [4.78, 5) is 14.2. The Morgan fingerprint density at radius 3 is 2.95 bits per heavy atom. The summed E-state index contributed by atoms with van der Waals surface area (Å²) in [6.45, 7) is 1.95. The molecule has 0 bridgehead atoms. The van der Waals surface area contributed by atoms with Gasteiger partial charge in [0, 0.05) is 12.6 Å². The maximum absolute atomic E-state index is 10.7. The molecule has 2 heterocycles. The van der Waals surface area contributed by atoms with Crippen molar-refractivity contribution in [2.24, 2.45) is 5.84 Å². The van der Waals surface area contributed by atoms with Crippen molar-refractivity contribution in [1.29, 1.82) is 0 Å². The first-order chi connectivity index (χ1) is 8.90. The summed E-state index contributed by atoms with van der Waals surface area (Å²) in [6, 6.07) is 3.55. The monoisotopic (exact) mass is 283 g/mol. The molecule has 3 N–H and O–H groups in total. The van der Waals surface area contributed by atoms with Gasteiger partial charge in [0.15, 0.2) is 0 Å². The van der Waals surface area contributed by atoms with Gasteiger partial charge in [-0.25, -0.2) is 9.99 Å². The van der Waals surface area contributed by atoms with Gasteiger partial charge in [0.25, 0.3) is 5.70 Å². The number of pyridine rings is 1. The van der Waals surface area contributed by atoms with Crippen molar-refractivity contribution in [3.8, 4) is 0 Å². The van der Waals surface area contributed by atoms with Crippen molar-refractivity contribution in [1.82, 2.24) is 15.3 Å². The molecule has 0 spiro atoms. The third kappa shape index (κ3) is 3.01. The lowest BCUT2D eigenvalue weighted by molar-refractivity contribution is -0.431. The van der Waals surface area contributed by atoms with Crippen LogP contribution in [0, 0.1) is 10.1 Å². The smallest absolute Gasteiger partial charge is 0.277 e. The Morgan fingerprint density at radius 2 is 2.42 bits per heavy atom. The normalized spacial score (nSPS) is 23.6. The van der Waals surface area contributed by atoms with Gasteiger partial charge in [-0.2, -0.15) is 0 Å². The summed E-state index contributed by atoms with van der Waals surface area (Å²) in [6.07, 6.45) is 3.61. The van der Waals surface area contributed by atoms with Gasteiger partial charge in [-0.05, 0) is 18.6 Å². The van der Waals surface area contributed by atoms with Crippen molar-refractivity contribution in [3.63, 3.8) is 0 Å². The molecular weight excluding hydrogens is 270 g/mol. The van der Waals surface area contributed by atoms with Gasteiger partial charge in [0.1, 0.15) is 17.4 Å². The zero-order valence-electron chi connectivity index (χ0n) is 10.3. The van der Waals surface area contributed by atoms with Crippen molar-refractivity contribution in [3.05, 3.63) is 51.1 Å². The molecule has 0 saturated carbocycles. The second-order valence-electron chi connectivity index (χ2n) is 4.60. The highest BCUT2D eigenvalue weighted by Crippen LogP contribution is 2.20. The number of nitro groups is 1. The summed E-state index contributed by atoms with van der Waals surface area (Å²) >= 11 is 5.73. The van der Waals surface area contributed by atoms with Crippen LogP contribution in [0.1, 0.15) is 12.5 Å². The molecule has 0 saturated heterocycles. The van der Waals surface area contributed by atoms with Crippen LogP contribution in [0.25, 0.3) is 0 Å². The lowest BCUT2D eigenvalue weighted by Gasteiger charge is -2.40. The summed E-state index contributed by atoms with van der Waals surface area (Å²) < 4.78 is 0. The SMILES string of the molecule is CC1(Cc2ccc(Cl)nc2)NC=C([N+](=O)[O-])CN1N. The number of nitrogens with two attached hydrogens (primary N) is 1. The largest absolute Gasteiger partial charge is 0.367 e. The molecule has 102 valence electrons. The van der Waals surface area contributed by atoms with Crippen LogP contribution >= 0.6 is 11.6 Å². The van der Waals surface area contributed by atoms with E-state index in [1.165, 1.54) is 11.2 Å². The molecule has 8 heteroatoms. The van der Waals surface area contributed by atoms with Crippen molar-refractivity contribution in [2.75, 3.05) is 6.54 Å². The molecule has 1 aliphatic heterocycles. The topological polar surface area (TPSA) is 97.3 Å². The van der Waals surface area contributed by atoms with E-state index in [4.69, 9.17) is 17.4 Å². The van der Waals surface area contributed by atoms with Crippen LogP contribution in [-0.2, 0) is 6.42 Å². The molecule has 1 atom stereocenters. The fourth-order valence-electron chi connectivity index (χ4n) is 1.89. The van der Waals surface area contributed by atoms with Gasteiger partial charge in [0.2, 0.25) is 0 Å². The van der Waals surface area contributed by atoms with Crippen molar-refractivity contribution < 1.29 is 4.92 Å². The standard InChI is InChI=1S/C11H14ClN5O2/c1-11(4-8-2-3-10(12)14-5-8)15-6-9(17(18)19)7-16(11)13/h2-3,5-6,15H,4,7,13H2,1H3. The average Bonchev–Trinajstić information content (AvgIpc) is 2.35. The van der Waals surface area contributed by atoms with E-state index in [0.717, 1.165) is 5.56 Å². The summed E-state index contributed by atoms with van der Waals surface area (Å²) in [5.41, 5.74) is 0.372. The molecule has 19 heavy (non-hydrogen) atoms. The molecule has 0 amide bonds. The molecule has 7 nitrogen and oxygen atoms in total. The number of hydrogen-bond donors (Lipinski definition) is 2. The molecule has 1 unspecified atom stereocenters. The van der Waals surface area contributed by atoms with Gasteiger partial charge < -0.3 is 5.32 Å². The van der Waals surface area contributed by atoms with Gasteiger partial charge in [0.05, 0.1) is 11.1 Å². The summed E-state index contributed by atoms with van der Waals surface area (Å²) in [5, 5.41) is 15.5. The van der Waals surface area contributed by atoms with E-state index in [-0.39, 0.29) is 12.2 Å².